The lowest BCUT2D eigenvalue weighted by Gasteiger charge is -2.32. The van der Waals surface area contributed by atoms with Gasteiger partial charge in [-0.2, -0.15) is 0 Å². The summed E-state index contributed by atoms with van der Waals surface area (Å²) in [5.74, 6) is 0.308. The van der Waals surface area contributed by atoms with E-state index in [0.29, 0.717) is 17.0 Å². The number of anilines is 1. The van der Waals surface area contributed by atoms with Crippen molar-refractivity contribution in [3.05, 3.63) is 101 Å². The Morgan fingerprint density at radius 1 is 0.556 bits per heavy atom. The molecule has 182 valence electrons. The van der Waals surface area contributed by atoms with E-state index in [0.717, 1.165) is 38.7 Å². The zero-order chi connectivity index (χ0) is 25.7. The number of benzene rings is 4. The van der Waals surface area contributed by atoms with E-state index in [1.54, 1.807) is 0 Å². The number of rotatable bonds is 5. The van der Waals surface area contributed by atoms with Gasteiger partial charge in [-0.05, 0) is 63.1 Å². The Morgan fingerprint density at radius 3 is 1.64 bits per heavy atom. The summed E-state index contributed by atoms with van der Waals surface area (Å²) in [6, 6.07) is 24.4. The van der Waals surface area contributed by atoms with E-state index >= 15 is 0 Å². The predicted molar refractivity (Wildman–Crippen MR) is 149 cm³/mol. The Morgan fingerprint density at radius 2 is 1.08 bits per heavy atom. The molecule has 4 aromatic rings. The molecular formula is C33H33NO2. The van der Waals surface area contributed by atoms with Gasteiger partial charge in [-0.25, -0.2) is 4.90 Å². The van der Waals surface area contributed by atoms with Gasteiger partial charge < -0.3 is 0 Å². The summed E-state index contributed by atoms with van der Waals surface area (Å²) >= 11 is 0. The highest BCUT2D eigenvalue weighted by Gasteiger charge is 2.37. The fraction of sp³-hybridized carbons (Fsp3) is 0.273. The van der Waals surface area contributed by atoms with Gasteiger partial charge >= 0.3 is 0 Å². The summed E-state index contributed by atoms with van der Waals surface area (Å²) in [7, 11) is 0. The van der Waals surface area contributed by atoms with E-state index in [9.17, 15) is 9.59 Å². The van der Waals surface area contributed by atoms with Crippen LogP contribution in [0.5, 0.6) is 0 Å². The van der Waals surface area contributed by atoms with Crippen LogP contribution in [-0.4, -0.2) is 11.8 Å². The number of nitrogens with zero attached hydrogens (tertiary/aromatic N) is 1. The number of hydrogen-bond donors (Lipinski definition) is 0. The fourth-order valence-corrected chi connectivity index (χ4v) is 5.37. The third-order valence-corrected chi connectivity index (χ3v) is 7.36. The predicted octanol–water partition coefficient (Wildman–Crippen LogP) is 8.68. The van der Waals surface area contributed by atoms with Crippen molar-refractivity contribution >= 4 is 28.3 Å². The maximum atomic E-state index is 14.0. The highest BCUT2D eigenvalue weighted by atomic mass is 16.2. The molecule has 0 aliphatic carbocycles. The molecule has 3 nitrogen and oxygen atoms in total. The molecule has 4 aromatic carbocycles. The van der Waals surface area contributed by atoms with Crippen molar-refractivity contribution in [3.8, 4) is 11.1 Å². The molecular weight excluding hydrogens is 442 g/mol. The van der Waals surface area contributed by atoms with Crippen LogP contribution in [-0.2, 0) is 0 Å². The van der Waals surface area contributed by atoms with Gasteiger partial charge in [0.1, 0.15) is 0 Å². The van der Waals surface area contributed by atoms with Crippen LogP contribution in [0.2, 0.25) is 0 Å². The van der Waals surface area contributed by atoms with Crippen LogP contribution in [0.1, 0.15) is 96.7 Å². The van der Waals surface area contributed by atoms with E-state index in [-0.39, 0.29) is 23.7 Å². The molecule has 0 radical (unpaired) electrons. The zero-order valence-electron chi connectivity index (χ0n) is 21.9. The number of imide groups is 1. The van der Waals surface area contributed by atoms with Gasteiger partial charge in [0.15, 0.2) is 0 Å². The average Bonchev–Trinajstić information content (AvgIpc) is 2.87. The SMILES string of the molecule is CC(C)c1ccc(-c2ccc3c4c(cccc24)C(=O)N(c2c(C(C)C)cccc2C(C)C)C3=O)cc1. The van der Waals surface area contributed by atoms with Gasteiger partial charge in [0, 0.05) is 16.5 Å². The minimum atomic E-state index is -0.250. The van der Waals surface area contributed by atoms with E-state index in [4.69, 9.17) is 0 Å². The number of para-hydroxylation sites is 1. The lowest BCUT2D eigenvalue weighted by atomic mass is 9.86. The van der Waals surface area contributed by atoms with E-state index in [1.807, 2.05) is 48.5 Å². The smallest absolute Gasteiger partial charge is 0.266 e. The Bertz CT molecular complexity index is 1440. The zero-order valence-corrected chi connectivity index (χ0v) is 21.9. The van der Waals surface area contributed by atoms with Gasteiger partial charge in [-0.1, -0.05) is 102 Å². The first-order valence-electron chi connectivity index (χ1n) is 12.9. The molecule has 0 saturated carbocycles. The molecule has 0 spiro atoms. The van der Waals surface area contributed by atoms with Gasteiger partial charge in [0.25, 0.3) is 11.8 Å². The van der Waals surface area contributed by atoms with Gasteiger partial charge in [-0.15, -0.1) is 0 Å². The fourth-order valence-electron chi connectivity index (χ4n) is 5.37. The first-order chi connectivity index (χ1) is 17.2. The van der Waals surface area contributed by atoms with Crippen molar-refractivity contribution in [3.63, 3.8) is 0 Å². The van der Waals surface area contributed by atoms with E-state index in [1.165, 1.54) is 10.5 Å². The Kier molecular flexibility index (Phi) is 6.04. The molecule has 0 unspecified atom stereocenters. The van der Waals surface area contributed by atoms with Crippen molar-refractivity contribution in [2.45, 2.75) is 59.3 Å². The average molecular weight is 476 g/mol. The molecule has 1 aliphatic rings. The van der Waals surface area contributed by atoms with E-state index in [2.05, 4.69) is 65.8 Å². The van der Waals surface area contributed by atoms with Crippen LogP contribution in [0, 0.1) is 0 Å². The molecule has 1 heterocycles. The Balaban J connectivity index is 1.71. The summed E-state index contributed by atoms with van der Waals surface area (Å²) in [6.45, 7) is 12.8. The van der Waals surface area contributed by atoms with Crippen LogP contribution in [0.3, 0.4) is 0 Å². The maximum absolute atomic E-state index is 14.0. The normalized spacial score (nSPS) is 13.5. The Hall–Kier alpha value is -3.72. The monoisotopic (exact) mass is 475 g/mol. The van der Waals surface area contributed by atoms with E-state index < -0.39 is 0 Å². The van der Waals surface area contributed by atoms with Gasteiger partial charge in [0.2, 0.25) is 0 Å². The number of carbonyl (C=O) groups is 2. The second-order valence-electron chi connectivity index (χ2n) is 10.7. The lowest BCUT2D eigenvalue weighted by Crippen LogP contribution is -2.41. The molecule has 0 atom stereocenters. The molecule has 0 bridgehead atoms. The molecule has 2 amide bonds. The summed E-state index contributed by atoms with van der Waals surface area (Å²) in [5.41, 5.74) is 7.33. The maximum Gasteiger partial charge on any atom is 0.266 e. The minimum absolute atomic E-state index is 0.174. The second kappa shape index (κ2) is 9.05. The van der Waals surface area contributed by atoms with Crippen LogP contribution in [0.15, 0.2) is 72.8 Å². The van der Waals surface area contributed by atoms with Crippen LogP contribution in [0.25, 0.3) is 21.9 Å². The number of hydrogen-bond acceptors (Lipinski definition) is 2. The topological polar surface area (TPSA) is 37.4 Å². The van der Waals surface area contributed by atoms with Crippen LogP contribution < -0.4 is 4.90 Å². The number of carbonyl (C=O) groups excluding carboxylic acids is 2. The molecule has 3 heteroatoms. The largest absolute Gasteiger partial charge is 0.268 e. The van der Waals surface area contributed by atoms with Crippen molar-refractivity contribution in [2.75, 3.05) is 4.90 Å². The molecule has 36 heavy (non-hydrogen) atoms. The third kappa shape index (κ3) is 3.74. The lowest BCUT2D eigenvalue weighted by molar-refractivity contribution is 0.0893. The van der Waals surface area contributed by atoms with Crippen molar-refractivity contribution in [1.82, 2.24) is 0 Å². The van der Waals surface area contributed by atoms with Crippen molar-refractivity contribution in [1.29, 1.82) is 0 Å². The highest BCUT2D eigenvalue weighted by Crippen LogP contribution is 2.42. The molecule has 1 aliphatic heterocycles. The van der Waals surface area contributed by atoms with Crippen molar-refractivity contribution in [2.24, 2.45) is 0 Å². The molecule has 0 saturated heterocycles. The van der Waals surface area contributed by atoms with Gasteiger partial charge in [-0.3, -0.25) is 9.59 Å². The summed E-state index contributed by atoms with van der Waals surface area (Å²) in [6.07, 6.45) is 0. The standard InChI is InChI=1S/C33H33NO2/c1-19(2)22-13-15-23(16-14-22)26-17-18-29-30-27(26)11-8-12-28(30)32(35)34(33(29)36)31-24(20(3)4)9-7-10-25(31)21(5)6/h7-21H,1-6H3. The van der Waals surface area contributed by atoms with Crippen LogP contribution >= 0.6 is 0 Å². The quantitative estimate of drug-likeness (QED) is 0.271. The van der Waals surface area contributed by atoms with Crippen LogP contribution in [0.4, 0.5) is 5.69 Å². The minimum Gasteiger partial charge on any atom is -0.268 e. The summed E-state index contributed by atoms with van der Waals surface area (Å²) < 4.78 is 0. The third-order valence-electron chi connectivity index (χ3n) is 7.36. The first kappa shape index (κ1) is 24.0. The number of amides is 2. The summed E-state index contributed by atoms with van der Waals surface area (Å²) in [4.78, 5) is 29.5. The molecule has 0 fully saturated rings. The molecule has 5 rings (SSSR count). The summed E-state index contributed by atoms with van der Waals surface area (Å²) in [5, 5.41) is 1.69. The first-order valence-corrected chi connectivity index (χ1v) is 12.9. The Labute approximate surface area is 213 Å². The van der Waals surface area contributed by atoms with Crippen molar-refractivity contribution < 1.29 is 9.59 Å². The molecule has 0 N–H and O–H groups in total. The van der Waals surface area contributed by atoms with Gasteiger partial charge in [0.05, 0.1) is 5.69 Å². The second-order valence-corrected chi connectivity index (χ2v) is 10.7. The molecule has 0 aromatic heterocycles. The highest BCUT2D eigenvalue weighted by molar-refractivity contribution is 6.37.